The molecule has 4 rings (SSSR count). The van der Waals surface area contributed by atoms with Gasteiger partial charge in [-0.25, -0.2) is 9.37 Å². The average molecular weight is 363 g/mol. The Labute approximate surface area is 158 Å². The summed E-state index contributed by atoms with van der Waals surface area (Å²) < 4.78 is 15.4. The van der Waals surface area contributed by atoms with Crippen LogP contribution >= 0.6 is 0 Å². The molecule has 1 saturated heterocycles. The summed E-state index contributed by atoms with van der Waals surface area (Å²) in [7, 11) is 0. The number of nitrogens with zero attached hydrogens (tertiary/aromatic N) is 3. The van der Waals surface area contributed by atoms with Crippen molar-refractivity contribution in [2.75, 3.05) is 13.1 Å². The molecule has 27 heavy (non-hydrogen) atoms. The van der Waals surface area contributed by atoms with Crippen LogP contribution in [0.2, 0.25) is 0 Å². The van der Waals surface area contributed by atoms with Crippen LogP contribution in [0.1, 0.15) is 40.4 Å². The molecule has 0 radical (unpaired) electrons. The largest absolute Gasteiger partial charge is 0.338 e. The second-order valence-electron chi connectivity index (χ2n) is 7.09. The number of imidazole rings is 1. The molecule has 0 saturated carbocycles. The van der Waals surface area contributed by atoms with Gasteiger partial charge in [-0.3, -0.25) is 4.79 Å². The van der Waals surface area contributed by atoms with Gasteiger partial charge in [0.2, 0.25) is 0 Å². The number of aromatic nitrogens is 2. The lowest BCUT2D eigenvalue weighted by atomic mass is 9.94. The fourth-order valence-corrected chi connectivity index (χ4v) is 3.73. The number of amides is 1. The van der Waals surface area contributed by atoms with Crippen LogP contribution in [0.3, 0.4) is 0 Å². The van der Waals surface area contributed by atoms with E-state index in [1.807, 2.05) is 46.1 Å². The monoisotopic (exact) mass is 363 g/mol. The summed E-state index contributed by atoms with van der Waals surface area (Å²) in [5, 5.41) is 0. The van der Waals surface area contributed by atoms with Gasteiger partial charge in [0.25, 0.3) is 5.91 Å². The molecule has 0 bridgehead atoms. The number of piperidine rings is 1. The molecule has 0 N–H and O–H groups in total. The van der Waals surface area contributed by atoms with Crippen LogP contribution < -0.4 is 0 Å². The van der Waals surface area contributed by atoms with Gasteiger partial charge in [-0.15, -0.1) is 0 Å². The predicted octanol–water partition coefficient (Wildman–Crippen LogP) is 4.34. The van der Waals surface area contributed by atoms with Gasteiger partial charge in [0.1, 0.15) is 5.82 Å². The van der Waals surface area contributed by atoms with Crippen LogP contribution in [0.4, 0.5) is 4.39 Å². The Kier molecular flexibility index (Phi) is 4.75. The minimum absolute atomic E-state index is 0.0281. The summed E-state index contributed by atoms with van der Waals surface area (Å²) in [5.74, 6) is -0.125. The molecule has 0 spiro atoms. The van der Waals surface area contributed by atoms with Crippen molar-refractivity contribution in [2.45, 2.75) is 25.7 Å². The Morgan fingerprint density at radius 3 is 2.78 bits per heavy atom. The van der Waals surface area contributed by atoms with Gasteiger partial charge in [0.15, 0.2) is 0 Å². The van der Waals surface area contributed by atoms with E-state index in [9.17, 15) is 9.18 Å². The third-order valence-corrected chi connectivity index (χ3v) is 5.20. The summed E-state index contributed by atoms with van der Waals surface area (Å²) in [5.41, 5.74) is 3.33. The lowest BCUT2D eigenvalue weighted by Gasteiger charge is -2.32. The van der Waals surface area contributed by atoms with Gasteiger partial charge in [-0.1, -0.05) is 18.2 Å². The van der Waals surface area contributed by atoms with Gasteiger partial charge in [-0.05, 0) is 55.7 Å². The fraction of sp³-hybridized carbons (Fsp3) is 0.273. The maximum atomic E-state index is 13.3. The molecule has 1 atom stereocenters. The van der Waals surface area contributed by atoms with Crippen molar-refractivity contribution < 1.29 is 9.18 Å². The minimum atomic E-state index is -0.313. The molecule has 138 valence electrons. The maximum Gasteiger partial charge on any atom is 0.254 e. The third kappa shape index (κ3) is 3.63. The molecule has 0 aliphatic carbocycles. The Morgan fingerprint density at radius 1 is 1.19 bits per heavy atom. The second-order valence-corrected chi connectivity index (χ2v) is 7.09. The lowest BCUT2D eigenvalue weighted by molar-refractivity contribution is 0.0705. The van der Waals surface area contributed by atoms with E-state index in [2.05, 4.69) is 11.2 Å². The van der Waals surface area contributed by atoms with Gasteiger partial charge < -0.3 is 9.47 Å². The summed E-state index contributed by atoms with van der Waals surface area (Å²) in [6.07, 6.45) is 5.83. The Hall–Kier alpha value is -2.95. The molecule has 1 aliphatic rings. The molecule has 2 heterocycles. The van der Waals surface area contributed by atoms with Crippen LogP contribution in [0.25, 0.3) is 5.69 Å². The standard InChI is InChI=1S/C22H22FN3O/c1-16-12-18(23)9-10-20(16)22(27)25-11-5-6-17(13-25)21-14-26(15-24-21)19-7-3-2-4-8-19/h2-4,7-10,12,14-15,17H,5-6,11,13H2,1H3/t17-/m0/s1. The van der Waals surface area contributed by atoms with Crippen molar-refractivity contribution in [3.05, 3.63) is 83.7 Å². The van der Waals surface area contributed by atoms with E-state index in [0.717, 1.165) is 30.8 Å². The minimum Gasteiger partial charge on any atom is -0.338 e. The van der Waals surface area contributed by atoms with Crippen LogP contribution in [-0.2, 0) is 0 Å². The van der Waals surface area contributed by atoms with Gasteiger partial charge in [0.05, 0.1) is 12.0 Å². The highest BCUT2D eigenvalue weighted by Crippen LogP contribution is 2.28. The number of para-hydroxylation sites is 1. The summed E-state index contributed by atoms with van der Waals surface area (Å²) in [6, 6.07) is 14.4. The smallest absolute Gasteiger partial charge is 0.254 e. The molecule has 2 aromatic carbocycles. The predicted molar refractivity (Wildman–Crippen MR) is 103 cm³/mol. The van der Waals surface area contributed by atoms with Gasteiger partial charge in [0, 0.05) is 36.5 Å². The number of carbonyl (C=O) groups excluding carboxylic acids is 1. The highest BCUT2D eigenvalue weighted by molar-refractivity contribution is 5.95. The van der Waals surface area contributed by atoms with E-state index in [1.54, 1.807) is 13.0 Å². The number of benzene rings is 2. The molecule has 1 fully saturated rings. The molecular formula is C22H22FN3O. The molecule has 1 aliphatic heterocycles. The van der Waals surface area contributed by atoms with Crippen molar-refractivity contribution in [1.82, 2.24) is 14.5 Å². The second kappa shape index (κ2) is 7.35. The molecule has 5 heteroatoms. The molecule has 1 aromatic heterocycles. The van der Waals surface area contributed by atoms with E-state index in [-0.39, 0.29) is 17.6 Å². The number of hydrogen-bond donors (Lipinski definition) is 0. The zero-order chi connectivity index (χ0) is 18.8. The Bertz CT molecular complexity index is 951. The van der Waals surface area contributed by atoms with Crippen molar-refractivity contribution in [3.63, 3.8) is 0 Å². The zero-order valence-electron chi connectivity index (χ0n) is 15.3. The van der Waals surface area contributed by atoms with Crippen molar-refractivity contribution in [1.29, 1.82) is 0 Å². The lowest BCUT2D eigenvalue weighted by Crippen LogP contribution is -2.39. The summed E-state index contributed by atoms with van der Waals surface area (Å²) >= 11 is 0. The first kappa shape index (κ1) is 17.5. The molecule has 1 amide bonds. The first-order chi connectivity index (χ1) is 13.1. The van der Waals surface area contributed by atoms with E-state index in [4.69, 9.17) is 0 Å². The Morgan fingerprint density at radius 2 is 2.00 bits per heavy atom. The maximum absolute atomic E-state index is 13.3. The number of carbonyl (C=O) groups is 1. The van der Waals surface area contributed by atoms with Crippen molar-refractivity contribution in [3.8, 4) is 5.69 Å². The SMILES string of the molecule is Cc1cc(F)ccc1C(=O)N1CCC[C@H](c2cn(-c3ccccc3)cn2)C1. The van der Waals surface area contributed by atoms with Crippen LogP contribution in [0, 0.1) is 12.7 Å². The topological polar surface area (TPSA) is 38.1 Å². The number of rotatable bonds is 3. The number of aryl methyl sites for hydroxylation is 1. The van der Waals surface area contributed by atoms with Crippen molar-refractivity contribution >= 4 is 5.91 Å². The summed E-state index contributed by atoms with van der Waals surface area (Å²) in [6.45, 7) is 3.15. The molecule has 4 nitrogen and oxygen atoms in total. The number of likely N-dealkylation sites (tertiary alicyclic amines) is 1. The first-order valence-electron chi connectivity index (χ1n) is 9.26. The fourth-order valence-electron chi connectivity index (χ4n) is 3.73. The van der Waals surface area contributed by atoms with E-state index < -0.39 is 0 Å². The number of hydrogen-bond acceptors (Lipinski definition) is 2. The van der Waals surface area contributed by atoms with E-state index in [0.29, 0.717) is 17.7 Å². The third-order valence-electron chi connectivity index (χ3n) is 5.20. The zero-order valence-corrected chi connectivity index (χ0v) is 15.3. The normalized spacial score (nSPS) is 17.1. The van der Waals surface area contributed by atoms with Crippen LogP contribution in [0.15, 0.2) is 61.1 Å². The van der Waals surface area contributed by atoms with Crippen LogP contribution in [0.5, 0.6) is 0 Å². The summed E-state index contributed by atoms with van der Waals surface area (Å²) in [4.78, 5) is 19.4. The van der Waals surface area contributed by atoms with Gasteiger partial charge in [-0.2, -0.15) is 0 Å². The molecular weight excluding hydrogens is 341 g/mol. The first-order valence-corrected chi connectivity index (χ1v) is 9.26. The Balaban J connectivity index is 1.51. The quantitative estimate of drug-likeness (QED) is 0.694. The van der Waals surface area contributed by atoms with Gasteiger partial charge >= 0.3 is 0 Å². The highest BCUT2D eigenvalue weighted by Gasteiger charge is 2.27. The van der Waals surface area contributed by atoms with Crippen molar-refractivity contribution in [2.24, 2.45) is 0 Å². The van der Waals surface area contributed by atoms with E-state index >= 15 is 0 Å². The highest BCUT2D eigenvalue weighted by atomic mass is 19.1. The molecule has 3 aromatic rings. The molecule has 0 unspecified atom stereocenters. The van der Waals surface area contributed by atoms with Crippen LogP contribution in [-0.4, -0.2) is 33.4 Å². The number of halogens is 1. The average Bonchev–Trinajstić information content (AvgIpc) is 3.19. The van der Waals surface area contributed by atoms with E-state index in [1.165, 1.54) is 12.1 Å².